The topological polar surface area (TPSA) is 54.9 Å². The predicted octanol–water partition coefficient (Wildman–Crippen LogP) is 3.94. The fourth-order valence-corrected chi connectivity index (χ4v) is 2.22. The van der Waals surface area contributed by atoms with Crippen molar-refractivity contribution in [2.75, 3.05) is 27.3 Å². The molecule has 0 atom stereocenters. The van der Waals surface area contributed by atoms with Gasteiger partial charge in [0.05, 0.1) is 0 Å². The number of hydrogen-bond acceptors (Lipinski definition) is 3. The number of aliphatic imine (C=N–C) groups is 1. The second kappa shape index (κ2) is 12.5. The summed E-state index contributed by atoms with van der Waals surface area (Å²) in [6, 6.07) is 13.9. The molecule has 2 rings (SSSR count). The number of methoxy groups -OCH3 is 1. The van der Waals surface area contributed by atoms with Gasteiger partial charge in [0.1, 0.15) is 5.75 Å². The minimum atomic E-state index is -0.388. The van der Waals surface area contributed by atoms with Crippen molar-refractivity contribution in [3.8, 4) is 11.5 Å². The summed E-state index contributed by atoms with van der Waals surface area (Å²) < 4.78 is 24.5. The molecule has 2 aromatic rings. The van der Waals surface area contributed by atoms with Gasteiger partial charge in [-0.05, 0) is 24.6 Å². The Labute approximate surface area is 171 Å². The van der Waals surface area contributed by atoms with E-state index in [0.29, 0.717) is 24.9 Å². The van der Waals surface area contributed by atoms with Crippen molar-refractivity contribution in [3.05, 3.63) is 59.9 Å². The van der Waals surface area contributed by atoms with Crippen LogP contribution in [0.5, 0.6) is 11.5 Å². The largest absolute Gasteiger partial charge is 0.454 e. The zero-order chi connectivity index (χ0) is 17.9. The third-order valence-electron chi connectivity index (χ3n) is 3.52. The van der Waals surface area contributed by atoms with Crippen LogP contribution >= 0.6 is 24.0 Å². The Morgan fingerprint density at radius 3 is 2.42 bits per heavy atom. The lowest BCUT2D eigenvalue weighted by molar-refractivity contribution is 0.195. The molecule has 0 amide bonds. The SMILES string of the molecule is CN=C(NCCCOC)NCc1ccccc1Oc1ccccc1F.I. The maximum Gasteiger partial charge on any atom is 0.191 e. The van der Waals surface area contributed by atoms with Crippen molar-refractivity contribution >= 4 is 29.9 Å². The standard InChI is InChI=1S/C19H24FN3O2.HI/c1-21-19(22-12-7-13-24-2)23-14-15-8-3-5-10-17(15)25-18-11-6-4-9-16(18)20;/h3-6,8-11H,7,12-14H2,1-2H3,(H2,21,22,23);1H. The van der Waals surface area contributed by atoms with Gasteiger partial charge in [0, 0.05) is 39.4 Å². The fourth-order valence-electron chi connectivity index (χ4n) is 2.22. The molecule has 0 heterocycles. The lowest BCUT2D eigenvalue weighted by Crippen LogP contribution is -2.37. The van der Waals surface area contributed by atoms with E-state index in [1.165, 1.54) is 6.07 Å². The minimum Gasteiger partial charge on any atom is -0.454 e. The highest BCUT2D eigenvalue weighted by Crippen LogP contribution is 2.27. The zero-order valence-corrected chi connectivity index (χ0v) is 17.3. The summed E-state index contributed by atoms with van der Waals surface area (Å²) in [5.74, 6) is 1.12. The van der Waals surface area contributed by atoms with E-state index in [4.69, 9.17) is 9.47 Å². The van der Waals surface area contributed by atoms with E-state index < -0.39 is 0 Å². The molecule has 2 N–H and O–H groups in total. The molecule has 7 heteroatoms. The Bertz CT molecular complexity index is 698. The molecule has 0 fully saturated rings. The van der Waals surface area contributed by atoms with Crippen LogP contribution in [0, 0.1) is 5.82 Å². The number of ether oxygens (including phenoxy) is 2. The van der Waals surface area contributed by atoms with Gasteiger partial charge in [-0.25, -0.2) is 4.39 Å². The smallest absolute Gasteiger partial charge is 0.191 e. The summed E-state index contributed by atoms with van der Waals surface area (Å²) >= 11 is 0. The highest BCUT2D eigenvalue weighted by Gasteiger charge is 2.08. The number of nitrogens with one attached hydrogen (secondary N) is 2. The molecule has 0 saturated carbocycles. The van der Waals surface area contributed by atoms with Gasteiger partial charge in [-0.15, -0.1) is 24.0 Å². The molecule has 0 aliphatic heterocycles. The molecule has 26 heavy (non-hydrogen) atoms. The van der Waals surface area contributed by atoms with E-state index in [1.807, 2.05) is 24.3 Å². The fraction of sp³-hybridized carbons (Fsp3) is 0.316. The maximum absolute atomic E-state index is 13.8. The van der Waals surface area contributed by atoms with E-state index in [0.717, 1.165) is 18.5 Å². The first-order valence-corrected chi connectivity index (χ1v) is 8.18. The Balaban J connectivity index is 0.00000338. The highest BCUT2D eigenvalue weighted by atomic mass is 127. The molecule has 0 unspecified atom stereocenters. The second-order valence-electron chi connectivity index (χ2n) is 5.34. The second-order valence-corrected chi connectivity index (χ2v) is 5.34. The van der Waals surface area contributed by atoms with E-state index in [9.17, 15) is 4.39 Å². The quantitative estimate of drug-likeness (QED) is 0.264. The first-order valence-electron chi connectivity index (χ1n) is 8.18. The maximum atomic E-state index is 13.8. The molecule has 142 valence electrons. The highest BCUT2D eigenvalue weighted by molar-refractivity contribution is 14.0. The summed E-state index contributed by atoms with van der Waals surface area (Å²) in [7, 11) is 3.40. The van der Waals surface area contributed by atoms with Crippen LogP contribution in [0.1, 0.15) is 12.0 Å². The molecule has 0 bridgehead atoms. The van der Waals surface area contributed by atoms with Crippen LogP contribution in [-0.2, 0) is 11.3 Å². The zero-order valence-electron chi connectivity index (χ0n) is 15.0. The van der Waals surface area contributed by atoms with Crippen molar-refractivity contribution in [1.82, 2.24) is 10.6 Å². The Morgan fingerprint density at radius 1 is 1.04 bits per heavy atom. The molecule has 2 aromatic carbocycles. The van der Waals surface area contributed by atoms with Gasteiger partial charge < -0.3 is 20.1 Å². The lowest BCUT2D eigenvalue weighted by Gasteiger charge is -2.15. The average Bonchev–Trinajstić information content (AvgIpc) is 2.64. The third kappa shape index (κ3) is 7.17. The third-order valence-corrected chi connectivity index (χ3v) is 3.52. The van der Waals surface area contributed by atoms with E-state index >= 15 is 0 Å². The van der Waals surface area contributed by atoms with Crippen LogP contribution < -0.4 is 15.4 Å². The molecule has 0 aromatic heterocycles. The number of guanidine groups is 1. The van der Waals surface area contributed by atoms with Gasteiger partial charge in [-0.2, -0.15) is 0 Å². The Kier molecular flexibility index (Phi) is 10.6. The normalized spacial score (nSPS) is 10.8. The van der Waals surface area contributed by atoms with Crippen molar-refractivity contribution in [2.24, 2.45) is 4.99 Å². The number of nitrogens with zero attached hydrogens (tertiary/aromatic N) is 1. The van der Waals surface area contributed by atoms with Gasteiger partial charge in [0.2, 0.25) is 0 Å². The minimum absolute atomic E-state index is 0. The first kappa shape index (κ1) is 22.2. The molecule has 0 radical (unpaired) electrons. The summed E-state index contributed by atoms with van der Waals surface area (Å²) in [5, 5.41) is 6.44. The number of para-hydroxylation sites is 2. The molecule has 0 aliphatic carbocycles. The molecule has 0 saturated heterocycles. The molecular weight excluding hydrogens is 448 g/mol. The van der Waals surface area contributed by atoms with Crippen LogP contribution in [0.25, 0.3) is 0 Å². The number of hydrogen-bond donors (Lipinski definition) is 2. The molecule has 5 nitrogen and oxygen atoms in total. The Morgan fingerprint density at radius 2 is 1.73 bits per heavy atom. The summed E-state index contributed by atoms with van der Waals surface area (Å²) in [6.45, 7) is 1.97. The van der Waals surface area contributed by atoms with Gasteiger partial charge in [0.25, 0.3) is 0 Å². The number of rotatable bonds is 8. The monoisotopic (exact) mass is 473 g/mol. The van der Waals surface area contributed by atoms with Crippen molar-refractivity contribution in [1.29, 1.82) is 0 Å². The van der Waals surface area contributed by atoms with E-state index in [1.54, 1.807) is 32.4 Å². The predicted molar refractivity (Wildman–Crippen MR) is 113 cm³/mol. The van der Waals surface area contributed by atoms with Crippen LogP contribution in [0.3, 0.4) is 0 Å². The molecule has 0 spiro atoms. The van der Waals surface area contributed by atoms with Gasteiger partial charge in [0.15, 0.2) is 17.5 Å². The number of halogens is 2. The van der Waals surface area contributed by atoms with E-state index in [2.05, 4.69) is 15.6 Å². The van der Waals surface area contributed by atoms with Gasteiger partial charge >= 0.3 is 0 Å². The first-order chi connectivity index (χ1) is 12.2. The van der Waals surface area contributed by atoms with Crippen molar-refractivity contribution in [3.63, 3.8) is 0 Å². The van der Waals surface area contributed by atoms with Gasteiger partial charge in [-0.3, -0.25) is 4.99 Å². The van der Waals surface area contributed by atoms with Gasteiger partial charge in [-0.1, -0.05) is 30.3 Å². The van der Waals surface area contributed by atoms with Crippen LogP contribution in [0.15, 0.2) is 53.5 Å². The summed E-state index contributed by atoms with van der Waals surface area (Å²) in [6.07, 6.45) is 0.893. The molecule has 0 aliphatic rings. The van der Waals surface area contributed by atoms with Crippen LogP contribution in [0.2, 0.25) is 0 Å². The van der Waals surface area contributed by atoms with Crippen LogP contribution in [0.4, 0.5) is 4.39 Å². The van der Waals surface area contributed by atoms with Crippen molar-refractivity contribution in [2.45, 2.75) is 13.0 Å². The van der Waals surface area contributed by atoms with Crippen LogP contribution in [-0.4, -0.2) is 33.3 Å². The average molecular weight is 473 g/mol. The van der Waals surface area contributed by atoms with E-state index in [-0.39, 0.29) is 35.5 Å². The Hall–Kier alpha value is -1.87. The number of benzene rings is 2. The lowest BCUT2D eigenvalue weighted by atomic mass is 10.2. The van der Waals surface area contributed by atoms with Crippen molar-refractivity contribution < 1.29 is 13.9 Å². The summed E-state index contributed by atoms with van der Waals surface area (Å²) in [4.78, 5) is 4.18. The summed E-state index contributed by atoms with van der Waals surface area (Å²) in [5.41, 5.74) is 0.908. The molecular formula is C19H25FIN3O2.